The first-order valence-electron chi connectivity index (χ1n) is 9.85. The summed E-state index contributed by atoms with van der Waals surface area (Å²) in [6.45, 7) is 0.728. The van der Waals surface area contributed by atoms with Crippen molar-refractivity contribution in [3.8, 4) is 22.9 Å². The van der Waals surface area contributed by atoms with Crippen molar-refractivity contribution < 1.29 is 9.53 Å². The van der Waals surface area contributed by atoms with Crippen LogP contribution in [0.2, 0.25) is 0 Å². The third kappa shape index (κ3) is 5.49. The van der Waals surface area contributed by atoms with Crippen molar-refractivity contribution in [3.63, 3.8) is 0 Å². The number of carbonyl (C=O) groups is 1. The number of nitriles is 1. The standard InChI is InChI=1S/C23H26IN3O2/c1-27(23(24)28)21-9-7-20(8-10-21)26-15-19-13-18(6-11-22(19)29-2)17-5-3-4-16(12-17)14-25/h3-6,11-13,20-21,26H,7-10,15H2,1-2H3/t20-,21-. The first-order valence-corrected chi connectivity index (χ1v) is 10.9. The summed E-state index contributed by atoms with van der Waals surface area (Å²) in [5.74, 6) is 0.863. The minimum atomic E-state index is 0.112. The summed E-state index contributed by atoms with van der Waals surface area (Å²) in [5, 5.41) is 12.8. The van der Waals surface area contributed by atoms with Crippen LogP contribution in [0.5, 0.6) is 5.75 Å². The van der Waals surface area contributed by atoms with Gasteiger partial charge in [0.05, 0.1) is 18.7 Å². The predicted molar refractivity (Wildman–Crippen MR) is 123 cm³/mol. The predicted octanol–water partition coefficient (Wildman–Crippen LogP) is 5.12. The quantitative estimate of drug-likeness (QED) is 0.338. The van der Waals surface area contributed by atoms with E-state index in [9.17, 15) is 4.79 Å². The van der Waals surface area contributed by atoms with E-state index >= 15 is 0 Å². The molecule has 0 unspecified atom stereocenters. The van der Waals surface area contributed by atoms with E-state index in [1.807, 2.05) is 70.9 Å². The van der Waals surface area contributed by atoms with Crippen LogP contribution in [0.3, 0.4) is 0 Å². The molecule has 0 radical (unpaired) electrons. The van der Waals surface area contributed by atoms with E-state index in [2.05, 4.69) is 17.5 Å². The maximum Gasteiger partial charge on any atom is 0.283 e. The topological polar surface area (TPSA) is 65.4 Å². The highest BCUT2D eigenvalue weighted by Crippen LogP contribution is 2.28. The van der Waals surface area contributed by atoms with Crippen LogP contribution < -0.4 is 10.1 Å². The second-order valence-electron chi connectivity index (χ2n) is 7.47. The Morgan fingerprint density at radius 1 is 1.21 bits per heavy atom. The summed E-state index contributed by atoms with van der Waals surface area (Å²) in [4.78, 5) is 13.4. The highest BCUT2D eigenvalue weighted by atomic mass is 127. The fourth-order valence-electron chi connectivity index (χ4n) is 3.93. The maximum absolute atomic E-state index is 11.6. The molecule has 1 aliphatic carbocycles. The van der Waals surface area contributed by atoms with Gasteiger partial charge < -0.3 is 15.0 Å². The Morgan fingerprint density at radius 3 is 2.59 bits per heavy atom. The normalized spacial score (nSPS) is 18.7. The van der Waals surface area contributed by atoms with Crippen molar-refractivity contribution in [3.05, 3.63) is 53.6 Å². The van der Waals surface area contributed by atoms with Crippen molar-refractivity contribution in [1.29, 1.82) is 5.26 Å². The average molecular weight is 503 g/mol. The van der Waals surface area contributed by atoms with E-state index in [1.54, 1.807) is 7.11 Å². The zero-order valence-corrected chi connectivity index (χ0v) is 19.0. The summed E-state index contributed by atoms with van der Waals surface area (Å²) in [6, 6.07) is 16.8. The van der Waals surface area contributed by atoms with Gasteiger partial charge >= 0.3 is 0 Å². The van der Waals surface area contributed by atoms with Crippen LogP contribution in [0.25, 0.3) is 11.1 Å². The monoisotopic (exact) mass is 503 g/mol. The molecule has 5 nitrogen and oxygen atoms in total. The molecule has 0 spiro atoms. The maximum atomic E-state index is 11.6. The second kappa shape index (κ2) is 10.1. The van der Waals surface area contributed by atoms with Crippen molar-refractivity contribution in [1.82, 2.24) is 10.2 Å². The van der Waals surface area contributed by atoms with E-state index in [4.69, 9.17) is 10.00 Å². The number of hydrogen-bond donors (Lipinski definition) is 1. The average Bonchev–Trinajstić information content (AvgIpc) is 2.77. The summed E-state index contributed by atoms with van der Waals surface area (Å²) in [5.41, 5.74) is 3.87. The van der Waals surface area contributed by atoms with Gasteiger partial charge in [-0.25, -0.2) is 0 Å². The van der Waals surface area contributed by atoms with E-state index in [0.717, 1.165) is 54.7 Å². The highest BCUT2D eigenvalue weighted by Gasteiger charge is 2.25. The summed E-state index contributed by atoms with van der Waals surface area (Å²) >= 11 is 1.86. The SMILES string of the molecule is COc1ccc(-c2cccc(C#N)c2)cc1CN[C@H]1CC[C@H](N(C)C(=O)I)CC1. The number of benzene rings is 2. The van der Waals surface area contributed by atoms with E-state index in [0.29, 0.717) is 17.6 Å². The number of halogens is 1. The molecule has 0 saturated heterocycles. The first kappa shape index (κ1) is 21.6. The molecule has 6 heteroatoms. The molecular formula is C23H26IN3O2. The number of hydrogen-bond acceptors (Lipinski definition) is 4. The van der Waals surface area contributed by atoms with Crippen molar-refractivity contribution in [2.75, 3.05) is 14.2 Å². The molecule has 2 aromatic carbocycles. The zero-order chi connectivity index (χ0) is 20.8. The van der Waals surface area contributed by atoms with Crippen LogP contribution in [0.4, 0.5) is 4.79 Å². The number of ether oxygens (including phenoxy) is 1. The van der Waals surface area contributed by atoms with Crippen molar-refractivity contribution >= 4 is 26.5 Å². The van der Waals surface area contributed by atoms with E-state index < -0.39 is 0 Å². The molecular weight excluding hydrogens is 477 g/mol. The Labute approximate surface area is 186 Å². The van der Waals surface area contributed by atoms with Gasteiger partial charge in [-0.3, -0.25) is 4.79 Å². The Hall–Kier alpha value is -2.11. The lowest BCUT2D eigenvalue weighted by atomic mass is 9.90. The fraction of sp³-hybridized carbons (Fsp3) is 0.391. The van der Waals surface area contributed by atoms with Crippen LogP contribution in [0.15, 0.2) is 42.5 Å². The van der Waals surface area contributed by atoms with Crippen LogP contribution >= 0.6 is 22.6 Å². The Bertz CT molecular complexity index is 901. The van der Waals surface area contributed by atoms with Gasteiger partial charge in [0.15, 0.2) is 0 Å². The number of methoxy groups -OCH3 is 1. The highest BCUT2D eigenvalue weighted by molar-refractivity contribution is 14.1. The molecule has 0 aromatic heterocycles. The third-order valence-corrected chi connectivity index (χ3v) is 6.47. The summed E-state index contributed by atoms with van der Waals surface area (Å²) in [7, 11) is 3.59. The number of nitrogens with one attached hydrogen (secondary N) is 1. The van der Waals surface area contributed by atoms with Crippen molar-refractivity contribution in [2.24, 2.45) is 0 Å². The molecule has 0 bridgehead atoms. The second-order valence-corrected chi connectivity index (χ2v) is 8.39. The Balaban J connectivity index is 1.66. The number of amides is 1. The molecule has 1 N–H and O–H groups in total. The minimum Gasteiger partial charge on any atom is -0.496 e. The largest absolute Gasteiger partial charge is 0.496 e. The van der Waals surface area contributed by atoms with Crippen LogP contribution in [0, 0.1) is 11.3 Å². The zero-order valence-electron chi connectivity index (χ0n) is 16.8. The Kier molecular flexibility index (Phi) is 7.51. The lowest BCUT2D eigenvalue weighted by molar-refractivity contribution is 0.188. The van der Waals surface area contributed by atoms with Gasteiger partial charge in [-0.15, -0.1) is 0 Å². The molecule has 0 atom stereocenters. The van der Waals surface area contributed by atoms with E-state index in [-0.39, 0.29) is 3.91 Å². The van der Waals surface area contributed by atoms with Crippen LogP contribution in [-0.4, -0.2) is 35.1 Å². The van der Waals surface area contributed by atoms with Crippen molar-refractivity contribution in [2.45, 2.75) is 44.3 Å². The van der Waals surface area contributed by atoms with E-state index in [1.165, 1.54) is 0 Å². The van der Waals surface area contributed by atoms with Gasteiger partial charge in [0.2, 0.25) is 0 Å². The molecule has 1 saturated carbocycles. The van der Waals surface area contributed by atoms with Gasteiger partial charge in [-0.1, -0.05) is 18.2 Å². The number of carbonyl (C=O) groups excluding carboxylic acids is 1. The fourth-order valence-corrected chi connectivity index (χ4v) is 4.32. The minimum absolute atomic E-state index is 0.112. The van der Waals surface area contributed by atoms with Crippen LogP contribution in [0.1, 0.15) is 36.8 Å². The van der Waals surface area contributed by atoms with Gasteiger partial charge in [-0.2, -0.15) is 5.26 Å². The number of rotatable bonds is 6. The smallest absolute Gasteiger partial charge is 0.283 e. The molecule has 2 aromatic rings. The first-order chi connectivity index (χ1) is 14.0. The van der Waals surface area contributed by atoms with Gasteiger partial charge in [0.1, 0.15) is 5.75 Å². The number of nitrogens with zero attached hydrogens (tertiary/aromatic N) is 2. The molecule has 3 rings (SSSR count). The molecule has 152 valence electrons. The molecule has 1 fully saturated rings. The van der Waals surface area contributed by atoms with Gasteiger partial charge in [0, 0.05) is 53.8 Å². The molecule has 1 amide bonds. The Morgan fingerprint density at radius 2 is 1.93 bits per heavy atom. The van der Waals surface area contributed by atoms with Gasteiger partial charge in [-0.05, 0) is 61.1 Å². The summed E-state index contributed by atoms with van der Waals surface area (Å²) < 4.78 is 5.67. The lowest BCUT2D eigenvalue weighted by Gasteiger charge is -2.34. The summed E-state index contributed by atoms with van der Waals surface area (Å²) in [6.07, 6.45) is 4.18. The lowest BCUT2D eigenvalue weighted by Crippen LogP contribution is -2.41. The molecule has 29 heavy (non-hydrogen) atoms. The molecule has 1 aliphatic rings. The van der Waals surface area contributed by atoms with Crippen LogP contribution in [-0.2, 0) is 6.54 Å². The third-order valence-electron chi connectivity index (χ3n) is 5.71. The van der Waals surface area contributed by atoms with Gasteiger partial charge in [0.25, 0.3) is 3.91 Å². The molecule has 0 heterocycles. The molecule has 0 aliphatic heterocycles.